The van der Waals surface area contributed by atoms with Crippen molar-refractivity contribution in [1.82, 2.24) is 10.6 Å². The van der Waals surface area contributed by atoms with E-state index in [1.807, 2.05) is 6.92 Å². The molecule has 15 heavy (non-hydrogen) atoms. The molecule has 0 radical (unpaired) electrons. The Bertz CT molecular complexity index is 191. The van der Waals surface area contributed by atoms with Gasteiger partial charge in [0.1, 0.15) is 0 Å². The van der Waals surface area contributed by atoms with Crippen LogP contribution in [0.5, 0.6) is 0 Å². The molecule has 4 nitrogen and oxygen atoms in total. The van der Waals surface area contributed by atoms with E-state index in [4.69, 9.17) is 4.74 Å². The van der Waals surface area contributed by atoms with Gasteiger partial charge in [-0.3, -0.25) is 0 Å². The zero-order valence-corrected chi connectivity index (χ0v) is 9.71. The van der Waals surface area contributed by atoms with E-state index in [9.17, 15) is 4.79 Å². The summed E-state index contributed by atoms with van der Waals surface area (Å²) in [4.78, 5) is 11.5. The van der Waals surface area contributed by atoms with Crippen LogP contribution in [0.2, 0.25) is 0 Å². The van der Waals surface area contributed by atoms with Gasteiger partial charge in [0.15, 0.2) is 0 Å². The lowest BCUT2D eigenvalue weighted by Gasteiger charge is -2.17. The van der Waals surface area contributed by atoms with Crippen LogP contribution in [0.15, 0.2) is 0 Å². The van der Waals surface area contributed by atoms with Crippen molar-refractivity contribution in [2.24, 2.45) is 0 Å². The van der Waals surface area contributed by atoms with Crippen molar-refractivity contribution in [3.63, 3.8) is 0 Å². The molecule has 4 heteroatoms. The summed E-state index contributed by atoms with van der Waals surface area (Å²) in [6.45, 7) is 2.68. The number of nitrogens with one attached hydrogen (secondary N) is 2. The van der Waals surface area contributed by atoms with Crippen molar-refractivity contribution in [1.29, 1.82) is 0 Å². The van der Waals surface area contributed by atoms with Crippen molar-refractivity contribution in [2.45, 2.75) is 51.1 Å². The number of carbonyl (C=O) groups excluding carboxylic acids is 1. The quantitative estimate of drug-likeness (QED) is 0.731. The summed E-state index contributed by atoms with van der Waals surface area (Å²) in [5, 5.41) is 5.91. The van der Waals surface area contributed by atoms with Gasteiger partial charge in [-0.1, -0.05) is 12.8 Å². The SMILES string of the molecule is COCCC(C)NC(=O)NC1CCCC1. The topological polar surface area (TPSA) is 50.4 Å². The van der Waals surface area contributed by atoms with Gasteiger partial charge >= 0.3 is 6.03 Å². The normalized spacial score (nSPS) is 18.8. The zero-order valence-electron chi connectivity index (χ0n) is 9.71. The molecule has 2 N–H and O–H groups in total. The van der Waals surface area contributed by atoms with Gasteiger partial charge in [0.2, 0.25) is 0 Å². The van der Waals surface area contributed by atoms with E-state index < -0.39 is 0 Å². The minimum absolute atomic E-state index is 0.0366. The molecular weight excluding hydrogens is 192 g/mol. The van der Waals surface area contributed by atoms with Crippen LogP contribution in [-0.2, 0) is 4.74 Å². The summed E-state index contributed by atoms with van der Waals surface area (Å²) in [5.41, 5.74) is 0. The highest BCUT2D eigenvalue weighted by Crippen LogP contribution is 2.17. The maximum atomic E-state index is 11.5. The van der Waals surface area contributed by atoms with Crippen LogP contribution in [0.4, 0.5) is 4.79 Å². The molecule has 0 saturated heterocycles. The maximum absolute atomic E-state index is 11.5. The molecule has 1 saturated carbocycles. The number of ether oxygens (including phenoxy) is 1. The van der Waals surface area contributed by atoms with Crippen molar-refractivity contribution in [2.75, 3.05) is 13.7 Å². The number of hydrogen-bond acceptors (Lipinski definition) is 2. The lowest BCUT2D eigenvalue weighted by atomic mass is 10.2. The second kappa shape index (κ2) is 6.67. The first-order valence-electron chi connectivity index (χ1n) is 5.78. The van der Waals surface area contributed by atoms with E-state index in [1.54, 1.807) is 7.11 Å². The number of urea groups is 1. The Morgan fingerprint density at radius 3 is 2.73 bits per heavy atom. The summed E-state index contributed by atoms with van der Waals surface area (Å²) in [6, 6.07) is 0.525. The molecule has 1 atom stereocenters. The van der Waals surface area contributed by atoms with Gasteiger partial charge in [-0.25, -0.2) is 4.79 Å². The Kier molecular flexibility index (Phi) is 5.47. The third kappa shape index (κ3) is 5.02. The molecule has 2 amide bonds. The molecule has 0 bridgehead atoms. The summed E-state index contributed by atoms with van der Waals surface area (Å²) in [7, 11) is 1.67. The molecule has 1 rings (SSSR count). The average Bonchev–Trinajstić information content (AvgIpc) is 2.67. The van der Waals surface area contributed by atoms with Crippen molar-refractivity contribution >= 4 is 6.03 Å². The van der Waals surface area contributed by atoms with Gasteiger partial charge in [0.25, 0.3) is 0 Å². The average molecular weight is 214 g/mol. The summed E-state index contributed by atoms with van der Waals surface area (Å²) < 4.78 is 4.96. The van der Waals surface area contributed by atoms with Gasteiger partial charge in [0.05, 0.1) is 0 Å². The number of hydrogen-bond donors (Lipinski definition) is 2. The van der Waals surface area contributed by atoms with Crippen LogP contribution in [0.25, 0.3) is 0 Å². The third-order valence-electron chi connectivity index (χ3n) is 2.82. The van der Waals surface area contributed by atoms with Crippen LogP contribution in [0.3, 0.4) is 0 Å². The first-order valence-corrected chi connectivity index (χ1v) is 5.78. The fraction of sp³-hybridized carbons (Fsp3) is 0.909. The molecule has 0 aliphatic heterocycles. The molecule has 0 aromatic carbocycles. The van der Waals surface area contributed by atoms with E-state index >= 15 is 0 Å². The van der Waals surface area contributed by atoms with E-state index in [0.29, 0.717) is 12.6 Å². The number of amides is 2. The molecular formula is C11H22N2O2. The molecule has 1 unspecified atom stereocenters. The van der Waals surface area contributed by atoms with E-state index in [0.717, 1.165) is 19.3 Å². The standard InChI is InChI=1S/C11H22N2O2/c1-9(7-8-15-2)12-11(14)13-10-5-3-4-6-10/h9-10H,3-8H2,1-2H3,(H2,12,13,14). The molecule has 1 fully saturated rings. The minimum Gasteiger partial charge on any atom is -0.385 e. The molecule has 88 valence electrons. The Hall–Kier alpha value is -0.770. The highest BCUT2D eigenvalue weighted by atomic mass is 16.5. The van der Waals surface area contributed by atoms with Crippen LogP contribution in [-0.4, -0.2) is 31.8 Å². The van der Waals surface area contributed by atoms with Gasteiger partial charge in [-0.05, 0) is 26.2 Å². The lowest BCUT2D eigenvalue weighted by molar-refractivity contribution is 0.183. The molecule has 1 aliphatic carbocycles. The number of rotatable bonds is 5. The van der Waals surface area contributed by atoms with E-state index in [1.165, 1.54) is 12.8 Å². The van der Waals surface area contributed by atoms with Crippen LogP contribution >= 0.6 is 0 Å². The van der Waals surface area contributed by atoms with Crippen molar-refractivity contribution in [3.8, 4) is 0 Å². The Morgan fingerprint density at radius 1 is 1.47 bits per heavy atom. The predicted octanol–water partition coefficient (Wildman–Crippen LogP) is 1.65. The summed E-state index contributed by atoms with van der Waals surface area (Å²) in [6.07, 6.45) is 5.59. The monoisotopic (exact) mass is 214 g/mol. The van der Waals surface area contributed by atoms with Gasteiger partial charge in [0, 0.05) is 25.8 Å². The molecule has 0 heterocycles. The van der Waals surface area contributed by atoms with Crippen LogP contribution in [0, 0.1) is 0 Å². The van der Waals surface area contributed by atoms with Crippen molar-refractivity contribution < 1.29 is 9.53 Å². The fourth-order valence-corrected chi connectivity index (χ4v) is 1.89. The van der Waals surface area contributed by atoms with E-state index in [2.05, 4.69) is 10.6 Å². The Labute approximate surface area is 91.8 Å². The second-order valence-electron chi connectivity index (χ2n) is 4.28. The molecule has 0 aromatic rings. The van der Waals surface area contributed by atoms with Gasteiger partial charge in [-0.15, -0.1) is 0 Å². The Morgan fingerprint density at radius 2 is 2.13 bits per heavy atom. The maximum Gasteiger partial charge on any atom is 0.315 e. The largest absolute Gasteiger partial charge is 0.385 e. The van der Waals surface area contributed by atoms with Crippen LogP contribution < -0.4 is 10.6 Å². The fourth-order valence-electron chi connectivity index (χ4n) is 1.89. The predicted molar refractivity (Wildman–Crippen MR) is 59.9 cm³/mol. The zero-order chi connectivity index (χ0) is 11.1. The summed E-state index contributed by atoms with van der Waals surface area (Å²) in [5.74, 6) is 0. The number of carbonyl (C=O) groups is 1. The number of methoxy groups -OCH3 is 1. The molecule has 1 aliphatic rings. The molecule has 0 spiro atoms. The Balaban J connectivity index is 2.11. The van der Waals surface area contributed by atoms with Gasteiger partial charge in [-0.2, -0.15) is 0 Å². The second-order valence-corrected chi connectivity index (χ2v) is 4.28. The van der Waals surface area contributed by atoms with Crippen molar-refractivity contribution in [3.05, 3.63) is 0 Å². The first kappa shape index (κ1) is 12.3. The third-order valence-corrected chi connectivity index (χ3v) is 2.82. The van der Waals surface area contributed by atoms with Gasteiger partial charge < -0.3 is 15.4 Å². The van der Waals surface area contributed by atoms with Crippen LogP contribution in [0.1, 0.15) is 39.0 Å². The molecule has 0 aromatic heterocycles. The highest BCUT2D eigenvalue weighted by Gasteiger charge is 2.17. The minimum atomic E-state index is -0.0366. The highest BCUT2D eigenvalue weighted by molar-refractivity contribution is 5.74. The summed E-state index contributed by atoms with van der Waals surface area (Å²) >= 11 is 0. The smallest absolute Gasteiger partial charge is 0.315 e. The first-order chi connectivity index (χ1) is 7.22. The lowest BCUT2D eigenvalue weighted by Crippen LogP contribution is -2.44. The van der Waals surface area contributed by atoms with E-state index in [-0.39, 0.29) is 12.1 Å².